The number of likely N-dealkylation sites (N-methyl/N-ethyl adjacent to an activating group) is 1. The monoisotopic (exact) mass is 541 g/mol. The Hall–Kier alpha value is -2.72. The highest BCUT2D eigenvalue weighted by Crippen LogP contribution is 2.29. The molecule has 3 fully saturated rings. The van der Waals surface area contributed by atoms with Crippen molar-refractivity contribution in [2.45, 2.75) is 13.3 Å². The molecular formula is C25H32BrN7O2. The van der Waals surface area contributed by atoms with Crippen LogP contribution in [0.5, 0.6) is 0 Å². The fourth-order valence-corrected chi connectivity index (χ4v) is 5.46. The van der Waals surface area contributed by atoms with Crippen LogP contribution in [-0.4, -0.2) is 97.5 Å². The standard InChI is InChI=1S/C25H32BrN7O2/c1-18-27-22(30-8-6-29(2)7-9-30)16-23(28-18)31-10-12-32(13-11-31)25(35)19-14-24(34)33(17-19)21-5-3-4-20(26)15-21/h3-5,15-16,19H,6-14,17H2,1-2H3. The number of halogens is 1. The maximum atomic E-state index is 13.3. The molecule has 0 spiro atoms. The molecule has 3 aliphatic heterocycles. The molecule has 0 radical (unpaired) electrons. The number of amides is 2. The van der Waals surface area contributed by atoms with Crippen LogP contribution < -0.4 is 14.7 Å². The molecular weight excluding hydrogens is 510 g/mol. The summed E-state index contributed by atoms with van der Waals surface area (Å²) in [6.07, 6.45) is 0.269. The zero-order valence-electron chi connectivity index (χ0n) is 20.4. The van der Waals surface area contributed by atoms with E-state index in [0.717, 1.165) is 66.9 Å². The molecule has 0 N–H and O–H groups in total. The van der Waals surface area contributed by atoms with Gasteiger partial charge in [-0.05, 0) is 32.2 Å². The molecule has 1 atom stereocenters. The van der Waals surface area contributed by atoms with Crippen LogP contribution in [-0.2, 0) is 9.59 Å². The fourth-order valence-electron chi connectivity index (χ4n) is 5.08. The molecule has 1 aromatic carbocycles. The molecule has 3 saturated heterocycles. The van der Waals surface area contributed by atoms with Crippen molar-refractivity contribution in [2.75, 3.05) is 80.7 Å². The molecule has 186 valence electrons. The van der Waals surface area contributed by atoms with E-state index < -0.39 is 0 Å². The third-order valence-corrected chi connectivity index (χ3v) is 7.64. The van der Waals surface area contributed by atoms with Gasteiger partial charge in [-0.2, -0.15) is 0 Å². The minimum absolute atomic E-state index is 0.00739. The van der Waals surface area contributed by atoms with Crippen LogP contribution in [0.25, 0.3) is 0 Å². The first-order valence-corrected chi connectivity index (χ1v) is 13.1. The normalized spacial score (nSPS) is 21.7. The Balaban J connectivity index is 1.20. The molecule has 1 aromatic heterocycles. The molecule has 4 heterocycles. The Labute approximate surface area is 214 Å². The summed E-state index contributed by atoms with van der Waals surface area (Å²) in [4.78, 5) is 45.8. The van der Waals surface area contributed by atoms with E-state index in [-0.39, 0.29) is 24.2 Å². The quantitative estimate of drug-likeness (QED) is 0.585. The maximum Gasteiger partial charge on any atom is 0.228 e. The number of piperazine rings is 2. The Morgan fingerprint density at radius 2 is 1.57 bits per heavy atom. The van der Waals surface area contributed by atoms with Crippen molar-refractivity contribution in [1.82, 2.24) is 19.8 Å². The lowest BCUT2D eigenvalue weighted by Crippen LogP contribution is -2.51. The number of aromatic nitrogens is 2. The SMILES string of the molecule is Cc1nc(N2CCN(C)CC2)cc(N2CCN(C(=O)C3CC(=O)N(c4cccc(Br)c4)C3)CC2)n1. The van der Waals surface area contributed by atoms with Gasteiger partial charge in [0.25, 0.3) is 0 Å². The van der Waals surface area contributed by atoms with Gasteiger partial charge in [-0.25, -0.2) is 9.97 Å². The predicted octanol–water partition coefficient (Wildman–Crippen LogP) is 2.00. The summed E-state index contributed by atoms with van der Waals surface area (Å²) in [6, 6.07) is 9.75. The highest BCUT2D eigenvalue weighted by molar-refractivity contribution is 9.10. The zero-order valence-corrected chi connectivity index (χ0v) is 21.9. The number of rotatable bonds is 4. The van der Waals surface area contributed by atoms with Gasteiger partial charge in [0.1, 0.15) is 17.5 Å². The molecule has 1 unspecified atom stereocenters. The molecule has 9 nitrogen and oxygen atoms in total. The first-order valence-electron chi connectivity index (χ1n) is 12.3. The summed E-state index contributed by atoms with van der Waals surface area (Å²) in [6.45, 7) is 9.08. The van der Waals surface area contributed by atoms with Gasteiger partial charge in [0, 0.05) is 81.6 Å². The van der Waals surface area contributed by atoms with Gasteiger partial charge in [-0.1, -0.05) is 22.0 Å². The molecule has 2 amide bonds. The first kappa shape index (κ1) is 24.0. The van der Waals surface area contributed by atoms with Gasteiger partial charge in [0.2, 0.25) is 11.8 Å². The lowest BCUT2D eigenvalue weighted by Gasteiger charge is -2.37. The van der Waals surface area contributed by atoms with Gasteiger partial charge in [-0.3, -0.25) is 9.59 Å². The molecule has 2 aromatic rings. The highest BCUT2D eigenvalue weighted by atomic mass is 79.9. The van der Waals surface area contributed by atoms with E-state index in [1.165, 1.54) is 0 Å². The van der Waals surface area contributed by atoms with E-state index in [2.05, 4.69) is 48.7 Å². The van der Waals surface area contributed by atoms with Crippen LogP contribution >= 0.6 is 15.9 Å². The summed E-state index contributed by atoms with van der Waals surface area (Å²) in [5.74, 6) is 2.47. The number of anilines is 3. The van der Waals surface area contributed by atoms with Crippen molar-refractivity contribution < 1.29 is 9.59 Å². The number of carbonyl (C=O) groups excluding carboxylic acids is 2. The highest BCUT2D eigenvalue weighted by Gasteiger charge is 2.38. The average molecular weight is 542 g/mol. The van der Waals surface area contributed by atoms with Crippen molar-refractivity contribution in [3.8, 4) is 0 Å². The Morgan fingerprint density at radius 3 is 2.20 bits per heavy atom. The summed E-state index contributed by atoms with van der Waals surface area (Å²) in [5, 5.41) is 0. The number of aryl methyl sites for hydroxylation is 1. The summed E-state index contributed by atoms with van der Waals surface area (Å²) in [7, 11) is 2.15. The summed E-state index contributed by atoms with van der Waals surface area (Å²) >= 11 is 3.46. The van der Waals surface area contributed by atoms with E-state index in [1.807, 2.05) is 36.1 Å². The largest absolute Gasteiger partial charge is 0.354 e. The lowest BCUT2D eigenvalue weighted by atomic mass is 10.1. The summed E-state index contributed by atoms with van der Waals surface area (Å²) < 4.78 is 0.921. The van der Waals surface area contributed by atoms with Crippen molar-refractivity contribution in [3.63, 3.8) is 0 Å². The van der Waals surface area contributed by atoms with Crippen LogP contribution in [0.15, 0.2) is 34.8 Å². The van der Waals surface area contributed by atoms with E-state index >= 15 is 0 Å². The van der Waals surface area contributed by atoms with E-state index in [0.29, 0.717) is 19.6 Å². The second kappa shape index (κ2) is 10.1. The average Bonchev–Trinajstić information content (AvgIpc) is 3.25. The van der Waals surface area contributed by atoms with E-state index in [9.17, 15) is 9.59 Å². The molecule has 3 aliphatic rings. The van der Waals surface area contributed by atoms with E-state index in [1.54, 1.807) is 4.90 Å². The van der Waals surface area contributed by atoms with Crippen molar-refractivity contribution >= 4 is 45.1 Å². The fraction of sp³-hybridized carbons (Fsp3) is 0.520. The van der Waals surface area contributed by atoms with Gasteiger partial charge >= 0.3 is 0 Å². The minimum atomic E-state index is -0.293. The second-order valence-corrected chi connectivity index (χ2v) is 10.5. The van der Waals surface area contributed by atoms with Crippen LogP contribution in [0, 0.1) is 12.8 Å². The predicted molar refractivity (Wildman–Crippen MR) is 140 cm³/mol. The third kappa shape index (κ3) is 5.28. The molecule has 5 rings (SSSR count). The van der Waals surface area contributed by atoms with Crippen LogP contribution in [0.2, 0.25) is 0 Å². The topological polar surface area (TPSA) is 76.1 Å². The number of carbonyl (C=O) groups is 2. The minimum Gasteiger partial charge on any atom is -0.354 e. The number of nitrogens with zero attached hydrogens (tertiary/aromatic N) is 7. The molecule has 0 saturated carbocycles. The van der Waals surface area contributed by atoms with Crippen LogP contribution in [0.3, 0.4) is 0 Å². The molecule has 10 heteroatoms. The summed E-state index contributed by atoms with van der Waals surface area (Å²) in [5.41, 5.74) is 0.833. The third-order valence-electron chi connectivity index (χ3n) is 7.15. The Kier molecular flexibility index (Phi) is 6.93. The Morgan fingerprint density at radius 1 is 0.943 bits per heavy atom. The van der Waals surface area contributed by atoms with Gasteiger partial charge in [-0.15, -0.1) is 0 Å². The molecule has 35 heavy (non-hydrogen) atoms. The van der Waals surface area contributed by atoms with Crippen LogP contribution in [0.4, 0.5) is 17.3 Å². The second-order valence-electron chi connectivity index (χ2n) is 9.62. The molecule has 0 bridgehead atoms. The first-order chi connectivity index (χ1) is 16.9. The number of benzene rings is 1. The zero-order chi connectivity index (χ0) is 24.5. The maximum absolute atomic E-state index is 13.3. The molecule has 0 aliphatic carbocycles. The Bertz CT molecular complexity index is 1100. The lowest BCUT2D eigenvalue weighted by molar-refractivity contribution is -0.136. The van der Waals surface area contributed by atoms with Crippen molar-refractivity contribution in [3.05, 3.63) is 40.6 Å². The van der Waals surface area contributed by atoms with Crippen molar-refractivity contribution in [2.24, 2.45) is 5.92 Å². The van der Waals surface area contributed by atoms with Crippen LogP contribution in [0.1, 0.15) is 12.2 Å². The number of hydrogen-bond acceptors (Lipinski definition) is 7. The number of hydrogen-bond donors (Lipinski definition) is 0. The smallest absolute Gasteiger partial charge is 0.228 e. The van der Waals surface area contributed by atoms with Gasteiger partial charge in [0.05, 0.1) is 5.92 Å². The van der Waals surface area contributed by atoms with Gasteiger partial charge in [0.15, 0.2) is 0 Å². The van der Waals surface area contributed by atoms with E-state index in [4.69, 9.17) is 4.98 Å². The van der Waals surface area contributed by atoms with Crippen molar-refractivity contribution in [1.29, 1.82) is 0 Å². The van der Waals surface area contributed by atoms with Gasteiger partial charge < -0.3 is 24.5 Å².